The highest BCUT2D eigenvalue weighted by Gasteiger charge is 2.37. The van der Waals surface area contributed by atoms with Gasteiger partial charge in [0.15, 0.2) is 4.96 Å². The largest absolute Gasteiger partial charge is 0.373 e. The maximum Gasteiger partial charge on any atom is 0.229 e. The second-order valence-corrected chi connectivity index (χ2v) is 8.03. The molecule has 3 aromatic heterocycles. The van der Waals surface area contributed by atoms with Crippen LogP contribution in [0.3, 0.4) is 0 Å². The first-order valence-corrected chi connectivity index (χ1v) is 9.84. The summed E-state index contributed by atoms with van der Waals surface area (Å²) in [6.07, 6.45) is 7.89. The molecule has 4 rings (SSSR count). The molecule has 0 saturated carbocycles. The summed E-state index contributed by atoms with van der Waals surface area (Å²) in [5.41, 5.74) is 1.80. The van der Waals surface area contributed by atoms with Gasteiger partial charge < -0.3 is 14.5 Å². The molecule has 27 heavy (non-hydrogen) atoms. The molecule has 1 saturated heterocycles. The van der Waals surface area contributed by atoms with E-state index in [1.54, 1.807) is 16.0 Å². The molecule has 0 aromatic carbocycles. The lowest BCUT2D eigenvalue weighted by molar-refractivity contribution is -0.147. The molecular formula is C18H24N6O2S. The Morgan fingerprint density at radius 2 is 2.26 bits per heavy atom. The Balaban J connectivity index is 1.59. The van der Waals surface area contributed by atoms with Crippen molar-refractivity contribution in [2.24, 2.45) is 7.05 Å². The second kappa shape index (κ2) is 7.41. The van der Waals surface area contributed by atoms with Crippen molar-refractivity contribution in [2.45, 2.75) is 18.6 Å². The molecule has 0 bridgehead atoms. The van der Waals surface area contributed by atoms with E-state index in [1.807, 2.05) is 60.6 Å². The van der Waals surface area contributed by atoms with E-state index in [2.05, 4.69) is 15.0 Å². The van der Waals surface area contributed by atoms with Crippen molar-refractivity contribution in [2.75, 3.05) is 33.8 Å². The van der Waals surface area contributed by atoms with E-state index in [4.69, 9.17) is 4.74 Å². The van der Waals surface area contributed by atoms with Gasteiger partial charge in [-0.1, -0.05) is 0 Å². The molecule has 0 radical (unpaired) electrons. The number of amides is 1. The van der Waals surface area contributed by atoms with Gasteiger partial charge in [-0.3, -0.25) is 13.9 Å². The van der Waals surface area contributed by atoms with Crippen molar-refractivity contribution in [3.05, 3.63) is 41.4 Å². The van der Waals surface area contributed by atoms with Crippen molar-refractivity contribution < 1.29 is 9.53 Å². The van der Waals surface area contributed by atoms with Crippen LogP contribution in [-0.2, 0) is 23.0 Å². The third-order valence-electron chi connectivity index (χ3n) is 4.76. The lowest BCUT2D eigenvalue weighted by Crippen LogP contribution is -2.51. The summed E-state index contributed by atoms with van der Waals surface area (Å²) in [5, 5.41) is 6.29. The summed E-state index contributed by atoms with van der Waals surface area (Å²) < 4.78 is 9.77. The molecule has 8 nitrogen and oxygen atoms in total. The summed E-state index contributed by atoms with van der Waals surface area (Å²) >= 11 is 1.57. The van der Waals surface area contributed by atoms with Crippen LogP contribution >= 0.6 is 11.3 Å². The van der Waals surface area contributed by atoms with Crippen LogP contribution < -0.4 is 0 Å². The van der Waals surface area contributed by atoms with Crippen LogP contribution in [0.15, 0.2) is 30.2 Å². The maximum atomic E-state index is 13.2. The highest BCUT2D eigenvalue weighted by atomic mass is 32.1. The first-order chi connectivity index (χ1) is 13.0. The van der Waals surface area contributed by atoms with Gasteiger partial charge >= 0.3 is 0 Å². The predicted molar refractivity (Wildman–Crippen MR) is 103 cm³/mol. The number of rotatable bonds is 5. The Kier molecular flexibility index (Phi) is 4.98. The molecule has 0 spiro atoms. The van der Waals surface area contributed by atoms with Gasteiger partial charge in [-0.2, -0.15) is 5.10 Å². The van der Waals surface area contributed by atoms with Gasteiger partial charge in [0.2, 0.25) is 5.91 Å². The fraction of sp³-hybridized carbons (Fsp3) is 0.500. The standard InChI is InChI=1S/C18H24N6O2S/c1-21(2)12-15-17(13-9-19-22(3)10-13)24(4-6-26-15)16(25)8-14-11-23-5-7-27-18(23)20-14/h5,7,9-11,15,17H,4,6,8,12H2,1-3H3/t15-,17-/m0/s1. The zero-order valence-corrected chi connectivity index (χ0v) is 16.6. The van der Waals surface area contributed by atoms with Gasteiger partial charge in [0.25, 0.3) is 0 Å². The monoisotopic (exact) mass is 388 g/mol. The number of nitrogens with zero attached hydrogens (tertiary/aromatic N) is 6. The normalized spacial score (nSPS) is 20.7. The summed E-state index contributed by atoms with van der Waals surface area (Å²) in [4.78, 5) is 22.7. The van der Waals surface area contributed by atoms with E-state index in [0.29, 0.717) is 19.6 Å². The Morgan fingerprint density at radius 3 is 2.96 bits per heavy atom. The molecule has 1 fully saturated rings. The van der Waals surface area contributed by atoms with Crippen molar-refractivity contribution in [1.29, 1.82) is 0 Å². The molecule has 2 atom stereocenters. The number of carbonyl (C=O) groups is 1. The number of morpholine rings is 1. The molecule has 0 N–H and O–H groups in total. The lowest BCUT2D eigenvalue weighted by atomic mass is 10.00. The summed E-state index contributed by atoms with van der Waals surface area (Å²) in [6, 6.07) is -0.147. The van der Waals surface area contributed by atoms with E-state index in [1.165, 1.54) is 0 Å². The van der Waals surface area contributed by atoms with Gasteiger partial charge in [0.05, 0.1) is 37.1 Å². The molecular weight excluding hydrogens is 364 g/mol. The van der Waals surface area contributed by atoms with E-state index < -0.39 is 0 Å². The van der Waals surface area contributed by atoms with Gasteiger partial charge in [-0.05, 0) is 14.1 Å². The highest BCUT2D eigenvalue weighted by Crippen LogP contribution is 2.30. The summed E-state index contributed by atoms with van der Waals surface area (Å²) in [7, 11) is 5.92. The molecule has 0 aliphatic carbocycles. The van der Waals surface area contributed by atoms with E-state index in [9.17, 15) is 4.79 Å². The number of hydrogen-bond donors (Lipinski definition) is 0. The summed E-state index contributed by atoms with van der Waals surface area (Å²) in [6.45, 7) is 1.85. The topological polar surface area (TPSA) is 67.9 Å². The van der Waals surface area contributed by atoms with Gasteiger partial charge in [0.1, 0.15) is 0 Å². The molecule has 1 aliphatic rings. The van der Waals surface area contributed by atoms with Crippen LogP contribution in [0.4, 0.5) is 0 Å². The average molecular weight is 388 g/mol. The van der Waals surface area contributed by atoms with Gasteiger partial charge in [-0.25, -0.2) is 4.98 Å². The summed E-state index contributed by atoms with van der Waals surface area (Å²) in [5.74, 6) is 0.0710. The lowest BCUT2D eigenvalue weighted by Gasteiger charge is -2.41. The SMILES string of the molecule is CN(C)C[C@@H]1OCCN(C(=O)Cc2cn3ccsc3n2)[C@H]1c1cnn(C)c1. The number of thiazole rings is 1. The molecule has 0 unspecified atom stereocenters. The average Bonchev–Trinajstić information content (AvgIpc) is 3.30. The fourth-order valence-electron chi connectivity index (χ4n) is 3.63. The number of aromatic nitrogens is 4. The molecule has 4 heterocycles. The third kappa shape index (κ3) is 3.76. The first kappa shape index (κ1) is 18.1. The first-order valence-electron chi connectivity index (χ1n) is 8.96. The number of likely N-dealkylation sites (N-methyl/N-ethyl adjacent to an activating group) is 1. The number of aryl methyl sites for hydroxylation is 1. The van der Waals surface area contributed by atoms with E-state index in [0.717, 1.165) is 22.8 Å². The zero-order valence-electron chi connectivity index (χ0n) is 15.8. The van der Waals surface area contributed by atoms with Crippen LogP contribution in [0.1, 0.15) is 17.3 Å². The van der Waals surface area contributed by atoms with Crippen LogP contribution in [0.25, 0.3) is 4.96 Å². The number of carbonyl (C=O) groups excluding carboxylic acids is 1. The molecule has 144 valence electrons. The Bertz CT molecular complexity index is 901. The zero-order chi connectivity index (χ0) is 19.0. The number of imidazole rings is 1. The molecule has 1 amide bonds. The van der Waals surface area contributed by atoms with Crippen LogP contribution in [0.5, 0.6) is 0 Å². The highest BCUT2D eigenvalue weighted by molar-refractivity contribution is 7.15. The smallest absolute Gasteiger partial charge is 0.229 e. The quantitative estimate of drug-likeness (QED) is 0.657. The molecule has 3 aromatic rings. The van der Waals surface area contributed by atoms with Crippen LogP contribution in [-0.4, -0.2) is 74.8 Å². The van der Waals surface area contributed by atoms with Gasteiger partial charge in [0, 0.05) is 49.7 Å². The van der Waals surface area contributed by atoms with Crippen LogP contribution in [0.2, 0.25) is 0 Å². The Morgan fingerprint density at radius 1 is 1.41 bits per heavy atom. The minimum absolute atomic E-state index is 0.0710. The minimum Gasteiger partial charge on any atom is -0.373 e. The van der Waals surface area contributed by atoms with Crippen LogP contribution in [0, 0.1) is 0 Å². The molecule has 9 heteroatoms. The Hall–Kier alpha value is -2.23. The number of fused-ring (bicyclic) bond motifs is 1. The number of hydrogen-bond acceptors (Lipinski definition) is 6. The third-order valence-corrected chi connectivity index (χ3v) is 5.53. The number of ether oxygens (including phenoxy) is 1. The molecule has 1 aliphatic heterocycles. The maximum absolute atomic E-state index is 13.2. The second-order valence-electron chi connectivity index (χ2n) is 7.15. The van der Waals surface area contributed by atoms with Crippen molar-refractivity contribution in [3.63, 3.8) is 0 Å². The fourth-order valence-corrected chi connectivity index (χ4v) is 4.35. The Labute approximate surface area is 162 Å². The van der Waals surface area contributed by atoms with Crippen molar-refractivity contribution >= 4 is 22.2 Å². The van der Waals surface area contributed by atoms with Crippen molar-refractivity contribution in [1.82, 2.24) is 29.0 Å². The van der Waals surface area contributed by atoms with E-state index in [-0.39, 0.29) is 18.1 Å². The van der Waals surface area contributed by atoms with E-state index >= 15 is 0 Å². The van der Waals surface area contributed by atoms with Gasteiger partial charge in [-0.15, -0.1) is 11.3 Å². The predicted octanol–water partition coefficient (Wildman–Crippen LogP) is 1.20. The van der Waals surface area contributed by atoms with Crippen molar-refractivity contribution in [3.8, 4) is 0 Å². The minimum atomic E-state index is -0.147.